The molecule has 0 bridgehead atoms. The fraction of sp³-hybridized carbons (Fsp3) is 0.600. The van der Waals surface area contributed by atoms with Crippen LogP contribution in [-0.4, -0.2) is 59.2 Å². The van der Waals surface area contributed by atoms with Gasteiger partial charge in [-0.05, 0) is 50.5 Å². The molecule has 0 radical (unpaired) electrons. The summed E-state index contributed by atoms with van der Waals surface area (Å²) in [6.45, 7) is 3.73. The number of rotatable bonds is 2. The third-order valence-electron chi connectivity index (χ3n) is 4.40. The standard InChI is InChI=1S/C15H21N3O2S2/c1-17-6-8-18(9-7-17)15(21)16-13-12(14(19)20)10-4-2-3-5-11(10)22-13/h2-9H2,1H3,(H,16,21)(H,19,20). The van der Waals surface area contributed by atoms with Gasteiger partial charge in [0.25, 0.3) is 0 Å². The zero-order valence-electron chi connectivity index (χ0n) is 12.7. The Morgan fingerprint density at radius 1 is 1.23 bits per heavy atom. The normalized spacial score (nSPS) is 18.9. The Morgan fingerprint density at radius 2 is 1.91 bits per heavy atom. The maximum absolute atomic E-state index is 11.7. The first-order valence-electron chi connectivity index (χ1n) is 7.68. The number of fused-ring (bicyclic) bond motifs is 1. The van der Waals surface area contributed by atoms with Crippen LogP contribution >= 0.6 is 23.6 Å². The molecule has 0 amide bonds. The van der Waals surface area contributed by atoms with E-state index in [0.717, 1.165) is 57.4 Å². The summed E-state index contributed by atoms with van der Waals surface area (Å²) in [5.41, 5.74) is 1.46. The lowest BCUT2D eigenvalue weighted by Gasteiger charge is -2.34. The maximum atomic E-state index is 11.7. The summed E-state index contributed by atoms with van der Waals surface area (Å²) in [7, 11) is 2.10. The van der Waals surface area contributed by atoms with Crippen LogP contribution in [-0.2, 0) is 12.8 Å². The molecule has 7 heteroatoms. The molecule has 1 aromatic rings. The molecule has 0 aromatic carbocycles. The van der Waals surface area contributed by atoms with E-state index in [0.29, 0.717) is 15.7 Å². The summed E-state index contributed by atoms with van der Waals surface area (Å²) in [6, 6.07) is 0. The van der Waals surface area contributed by atoms with Gasteiger partial charge in [-0.3, -0.25) is 0 Å². The zero-order valence-corrected chi connectivity index (χ0v) is 14.4. The Kier molecular flexibility index (Phi) is 4.65. The molecule has 120 valence electrons. The minimum Gasteiger partial charge on any atom is -0.478 e. The minimum atomic E-state index is -0.844. The number of piperazine rings is 1. The number of nitrogens with one attached hydrogen (secondary N) is 1. The summed E-state index contributed by atoms with van der Waals surface area (Å²) < 4.78 is 0. The van der Waals surface area contributed by atoms with Crippen LogP contribution in [0.15, 0.2) is 0 Å². The second kappa shape index (κ2) is 6.52. The largest absolute Gasteiger partial charge is 0.478 e. The molecule has 2 N–H and O–H groups in total. The van der Waals surface area contributed by atoms with Gasteiger partial charge in [0.05, 0.1) is 5.56 Å². The molecule has 0 spiro atoms. The van der Waals surface area contributed by atoms with Crippen LogP contribution in [0, 0.1) is 0 Å². The summed E-state index contributed by atoms with van der Waals surface area (Å²) in [5, 5.41) is 14.1. The number of thiophene rings is 1. The minimum absolute atomic E-state index is 0.441. The van der Waals surface area contributed by atoms with Gasteiger partial charge < -0.3 is 20.2 Å². The van der Waals surface area contributed by atoms with Gasteiger partial charge >= 0.3 is 5.97 Å². The molecular weight excluding hydrogens is 318 g/mol. The number of nitrogens with zero attached hydrogens (tertiary/aromatic N) is 2. The molecule has 1 saturated heterocycles. The van der Waals surface area contributed by atoms with Crippen LogP contribution in [0.3, 0.4) is 0 Å². The third kappa shape index (κ3) is 3.11. The Hall–Kier alpha value is -1.18. The Morgan fingerprint density at radius 3 is 2.59 bits per heavy atom. The first kappa shape index (κ1) is 15.7. The van der Waals surface area contributed by atoms with Crippen LogP contribution < -0.4 is 5.32 Å². The number of aryl methyl sites for hydroxylation is 1. The van der Waals surface area contributed by atoms with Crippen molar-refractivity contribution >= 4 is 39.6 Å². The van der Waals surface area contributed by atoms with E-state index in [-0.39, 0.29) is 0 Å². The van der Waals surface area contributed by atoms with E-state index in [9.17, 15) is 9.90 Å². The fourth-order valence-electron chi connectivity index (χ4n) is 3.07. The average Bonchev–Trinajstić information content (AvgIpc) is 2.85. The van der Waals surface area contributed by atoms with Crippen LogP contribution in [0.25, 0.3) is 0 Å². The first-order chi connectivity index (χ1) is 10.6. The molecule has 2 heterocycles. The van der Waals surface area contributed by atoms with E-state index in [2.05, 4.69) is 22.2 Å². The lowest BCUT2D eigenvalue weighted by Crippen LogP contribution is -2.48. The zero-order chi connectivity index (χ0) is 15.7. The molecular formula is C15H21N3O2S2. The molecule has 1 aromatic heterocycles. The van der Waals surface area contributed by atoms with Crippen LogP contribution in [0.2, 0.25) is 0 Å². The Balaban J connectivity index is 1.78. The predicted octanol–water partition coefficient (Wildman–Crippen LogP) is 2.27. The van der Waals surface area contributed by atoms with Crippen LogP contribution in [0.1, 0.15) is 33.6 Å². The average molecular weight is 339 g/mol. The number of carbonyl (C=O) groups is 1. The topological polar surface area (TPSA) is 55.8 Å². The maximum Gasteiger partial charge on any atom is 0.339 e. The van der Waals surface area contributed by atoms with Gasteiger partial charge in [0.15, 0.2) is 5.11 Å². The number of carboxylic acids is 1. The number of hydrogen-bond donors (Lipinski definition) is 2. The number of likely N-dealkylation sites (N-methyl/N-ethyl adjacent to an activating group) is 1. The number of aromatic carboxylic acids is 1. The molecule has 2 aliphatic rings. The molecule has 0 saturated carbocycles. The van der Waals surface area contributed by atoms with Gasteiger partial charge in [0.1, 0.15) is 5.00 Å². The van der Waals surface area contributed by atoms with Gasteiger partial charge in [-0.25, -0.2) is 4.79 Å². The van der Waals surface area contributed by atoms with Crippen molar-refractivity contribution in [2.45, 2.75) is 25.7 Å². The second-order valence-electron chi connectivity index (χ2n) is 5.94. The van der Waals surface area contributed by atoms with E-state index in [4.69, 9.17) is 12.2 Å². The lowest BCUT2D eigenvalue weighted by atomic mass is 9.95. The molecule has 0 unspecified atom stereocenters. The number of carboxylic acid groups (broad SMARTS) is 1. The Bertz CT molecular complexity index is 592. The van der Waals surface area contributed by atoms with E-state index in [1.54, 1.807) is 11.3 Å². The van der Waals surface area contributed by atoms with Crippen molar-refractivity contribution in [2.75, 3.05) is 38.5 Å². The van der Waals surface area contributed by atoms with Gasteiger partial charge in [-0.15, -0.1) is 11.3 Å². The molecule has 22 heavy (non-hydrogen) atoms. The highest BCUT2D eigenvalue weighted by atomic mass is 32.1. The van der Waals surface area contributed by atoms with Crippen molar-refractivity contribution in [2.24, 2.45) is 0 Å². The number of anilines is 1. The predicted molar refractivity (Wildman–Crippen MR) is 93.2 cm³/mol. The van der Waals surface area contributed by atoms with Gasteiger partial charge in [0.2, 0.25) is 0 Å². The van der Waals surface area contributed by atoms with Crippen LogP contribution in [0.5, 0.6) is 0 Å². The summed E-state index contributed by atoms with van der Waals surface area (Å²) in [5.74, 6) is -0.844. The SMILES string of the molecule is CN1CCN(C(=S)Nc2sc3c(c2C(=O)O)CCCC3)CC1. The molecule has 3 rings (SSSR count). The van der Waals surface area contributed by atoms with E-state index < -0.39 is 5.97 Å². The van der Waals surface area contributed by atoms with Crippen LogP contribution in [0.4, 0.5) is 5.00 Å². The molecule has 5 nitrogen and oxygen atoms in total. The third-order valence-corrected chi connectivity index (χ3v) is 5.96. The second-order valence-corrected chi connectivity index (χ2v) is 7.43. The number of hydrogen-bond acceptors (Lipinski definition) is 4. The smallest absolute Gasteiger partial charge is 0.339 e. The van der Waals surface area contributed by atoms with E-state index in [1.807, 2.05) is 0 Å². The molecule has 1 fully saturated rings. The summed E-state index contributed by atoms with van der Waals surface area (Å²) >= 11 is 7.06. The lowest BCUT2D eigenvalue weighted by molar-refractivity contribution is 0.0697. The quantitative estimate of drug-likeness (QED) is 0.806. The molecule has 1 aliphatic carbocycles. The first-order valence-corrected chi connectivity index (χ1v) is 8.91. The monoisotopic (exact) mass is 339 g/mol. The molecule has 1 aliphatic heterocycles. The van der Waals surface area contributed by atoms with Crippen molar-refractivity contribution in [3.63, 3.8) is 0 Å². The van der Waals surface area contributed by atoms with Gasteiger partial charge in [-0.2, -0.15) is 0 Å². The van der Waals surface area contributed by atoms with Crippen molar-refractivity contribution < 1.29 is 9.90 Å². The van der Waals surface area contributed by atoms with E-state index in [1.165, 1.54) is 4.88 Å². The Labute approximate surface area is 139 Å². The van der Waals surface area contributed by atoms with Crippen molar-refractivity contribution in [3.05, 3.63) is 16.0 Å². The highest BCUT2D eigenvalue weighted by Gasteiger charge is 2.26. The van der Waals surface area contributed by atoms with E-state index >= 15 is 0 Å². The van der Waals surface area contributed by atoms with Crippen molar-refractivity contribution in [1.82, 2.24) is 9.80 Å². The molecule has 0 atom stereocenters. The van der Waals surface area contributed by atoms with Gasteiger partial charge in [0, 0.05) is 31.1 Å². The summed E-state index contributed by atoms with van der Waals surface area (Å²) in [6.07, 6.45) is 4.08. The highest BCUT2D eigenvalue weighted by Crippen LogP contribution is 2.38. The van der Waals surface area contributed by atoms with Gasteiger partial charge in [-0.1, -0.05) is 0 Å². The highest BCUT2D eigenvalue weighted by molar-refractivity contribution is 7.80. The number of thiocarbonyl (C=S) groups is 1. The fourth-order valence-corrected chi connectivity index (χ4v) is 4.70. The van der Waals surface area contributed by atoms with Crippen molar-refractivity contribution in [1.29, 1.82) is 0 Å². The van der Waals surface area contributed by atoms with Crippen molar-refractivity contribution in [3.8, 4) is 0 Å². The summed E-state index contributed by atoms with van der Waals surface area (Å²) in [4.78, 5) is 17.3.